The standard InChI is InChI=1S/C27H27N3O6/c1-27(2,3)19-6-11-22(12-7-19)35-15-14-29-23-16-20(8-13-24(23)36-17-25(29)31)28-26(32)18-4-9-21(10-5-18)30(33)34/h4-13,16H,14-15,17H2,1-3H3,(H,28,32). The molecular formula is C27H27N3O6. The molecule has 1 heterocycles. The second-order valence-corrected chi connectivity index (χ2v) is 9.40. The van der Waals surface area contributed by atoms with E-state index in [-0.39, 0.29) is 35.8 Å². The molecule has 4 rings (SSSR count). The van der Waals surface area contributed by atoms with Crippen LogP contribution in [0.25, 0.3) is 0 Å². The molecule has 1 aliphatic heterocycles. The van der Waals surface area contributed by atoms with Crippen LogP contribution in [0.2, 0.25) is 0 Å². The van der Waals surface area contributed by atoms with Crippen LogP contribution in [0.4, 0.5) is 17.1 Å². The summed E-state index contributed by atoms with van der Waals surface area (Å²) in [6, 6.07) is 18.2. The summed E-state index contributed by atoms with van der Waals surface area (Å²) in [4.78, 5) is 37.1. The molecule has 0 aromatic heterocycles. The van der Waals surface area contributed by atoms with Gasteiger partial charge in [-0.25, -0.2) is 0 Å². The molecule has 3 aromatic carbocycles. The van der Waals surface area contributed by atoms with Crippen molar-refractivity contribution in [2.75, 3.05) is 30.0 Å². The van der Waals surface area contributed by atoms with Crippen molar-refractivity contribution in [3.63, 3.8) is 0 Å². The van der Waals surface area contributed by atoms with Gasteiger partial charge in [0.2, 0.25) is 0 Å². The maximum atomic E-state index is 12.6. The van der Waals surface area contributed by atoms with Gasteiger partial charge in [-0.3, -0.25) is 19.7 Å². The van der Waals surface area contributed by atoms with Crippen molar-refractivity contribution in [1.82, 2.24) is 0 Å². The van der Waals surface area contributed by atoms with Crippen LogP contribution in [0.15, 0.2) is 66.7 Å². The first-order chi connectivity index (χ1) is 17.1. The third-order valence-corrected chi connectivity index (χ3v) is 5.80. The molecule has 0 saturated carbocycles. The Kier molecular flexibility index (Phi) is 6.91. The van der Waals surface area contributed by atoms with Gasteiger partial charge in [0.05, 0.1) is 17.2 Å². The lowest BCUT2D eigenvalue weighted by Crippen LogP contribution is -2.41. The van der Waals surface area contributed by atoms with E-state index >= 15 is 0 Å². The van der Waals surface area contributed by atoms with Crippen molar-refractivity contribution in [2.45, 2.75) is 26.2 Å². The number of nitro benzene ring substituents is 1. The number of amides is 2. The van der Waals surface area contributed by atoms with E-state index in [0.29, 0.717) is 29.4 Å². The van der Waals surface area contributed by atoms with E-state index in [0.717, 1.165) is 0 Å². The Morgan fingerprint density at radius 2 is 1.78 bits per heavy atom. The Bertz CT molecular complexity index is 1280. The number of carbonyl (C=O) groups is 2. The van der Waals surface area contributed by atoms with Crippen LogP contribution in [-0.2, 0) is 10.2 Å². The zero-order chi connectivity index (χ0) is 25.9. The zero-order valence-corrected chi connectivity index (χ0v) is 20.3. The molecule has 186 valence electrons. The molecule has 3 aromatic rings. The average Bonchev–Trinajstić information content (AvgIpc) is 2.85. The van der Waals surface area contributed by atoms with Gasteiger partial charge < -0.3 is 19.7 Å². The lowest BCUT2D eigenvalue weighted by molar-refractivity contribution is -0.384. The molecule has 0 fully saturated rings. The summed E-state index contributed by atoms with van der Waals surface area (Å²) >= 11 is 0. The van der Waals surface area contributed by atoms with Crippen LogP contribution < -0.4 is 19.7 Å². The summed E-state index contributed by atoms with van der Waals surface area (Å²) in [6.45, 7) is 6.93. The van der Waals surface area contributed by atoms with Gasteiger partial charge in [0, 0.05) is 23.4 Å². The number of rotatable bonds is 7. The highest BCUT2D eigenvalue weighted by Crippen LogP contribution is 2.35. The number of fused-ring (bicyclic) bond motifs is 1. The molecule has 0 aliphatic carbocycles. The van der Waals surface area contributed by atoms with Gasteiger partial charge in [0.15, 0.2) is 6.61 Å². The van der Waals surface area contributed by atoms with Gasteiger partial charge in [-0.1, -0.05) is 32.9 Å². The molecule has 1 N–H and O–H groups in total. The second kappa shape index (κ2) is 10.1. The van der Waals surface area contributed by atoms with E-state index in [1.807, 2.05) is 24.3 Å². The number of anilines is 2. The summed E-state index contributed by atoms with van der Waals surface area (Å²) in [5.41, 5.74) is 2.41. The van der Waals surface area contributed by atoms with E-state index < -0.39 is 10.8 Å². The summed E-state index contributed by atoms with van der Waals surface area (Å²) in [5.74, 6) is 0.597. The summed E-state index contributed by atoms with van der Waals surface area (Å²) in [7, 11) is 0. The number of nitrogens with one attached hydrogen (secondary N) is 1. The summed E-state index contributed by atoms with van der Waals surface area (Å²) in [6.07, 6.45) is 0. The highest BCUT2D eigenvalue weighted by Gasteiger charge is 2.26. The maximum absolute atomic E-state index is 12.6. The van der Waals surface area contributed by atoms with E-state index in [1.165, 1.54) is 29.8 Å². The molecule has 0 radical (unpaired) electrons. The molecule has 0 saturated heterocycles. The van der Waals surface area contributed by atoms with Crippen molar-refractivity contribution >= 4 is 28.9 Å². The topological polar surface area (TPSA) is 111 Å². The SMILES string of the molecule is CC(C)(C)c1ccc(OCCN2C(=O)COc3ccc(NC(=O)c4ccc([N+](=O)[O-])cc4)cc32)cc1. The Labute approximate surface area is 208 Å². The highest BCUT2D eigenvalue weighted by molar-refractivity contribution is 6.05. The van der Waals surface area contributed by atoms with E-state index in [2.05, 4.69) is 26.1 Å². The smallest absolute Gasteiger partial charge is 0.269 e. The molecule has 0 unspecified atom stereocenters. The summed E-state index contributed by atoms with van der Waals surface area (Å²) in [5, 5.41) is 13.6. The van der Waals surface area contributed by atoms with Gasteiger partial charge in [0.1, 0.15) is 18.1 Å². The van der Waals surface area contributed by atoms with E-state index in [4.69, 9.17) is 9.47 Å². The molecule has 36 heavy (non-hydrogen) atoms. The summed E-state index contributed by atoms with van der Waals surface area (Å²) < 4.78 is 11.4. The average molecular weight is 490 g/mol. The fourth-order valence-corrected chi connectivity index (χ4v) is 3.77. The first kappa shape index (κ1) is 24.7. The predicted octanol–water partition coefficient (Wildman–Crippen LogP) is 4.95. The fraction of sp³-hybridized carbons (Fsp3) is 0.259. The molecule has 0 bridgehead atoms. The monoisotopic (exact) mass is 489 g/mol. The van der Waals surface area contributed by atoms with Gasteiger partial charge in [-0.2, -0.15) is 0 Å². The first-order valence-corrected chi connectivity index (χ1v) is 11.5. The number of benzene rings is 3. The van der Waals surface area contributed by atoms with E-state index in [1.54, 1.807) is 23.1 Å². The van der Waals surface area contributed by atoms with Gasteiger partial charge >= 0.3 is 0 Å². The Hall–Kier alpha value is -4.40. The number of hydrogen-bond acceptors (Lipinski definition) is 6. The number of nitro groups is 1. The number of nitrogens with zero attached hydrogens (tertiary/aromatic N) is 2. The van der Waals surface area contributed by atoms with Crippen LogP contribution in [0.1, 0.15) is 36.7 Å². The molecule has 1 aliphatic rings. The number of hydrogen-bond donors (Lipinski definition) is 1. The fourth-order valence-electron chi connectivity index (χ4n) is 3.77. The Balaban J connectivity index is 1.43. The van der Waals surface area contributed by atoms with Gasteiger partial charge in [-0.15, -0.1) is 0 Å². The van der Waals surface area contributed by atoms with Gasteiger partial charge in [0.25, 0.3) is 17.5 Å². The minimum Gasteiger partial charge on any atom is -0.492 e. The Morgan fingerprint density at radius 1 is 1.08 bits per heavy atom. The lowest BCUT2D eigenvalue weighted by atomic mass is 9.87. The minimum absolute atomic E-state index is 0.0497. The first-order valence-electron chi connectivity index (χ1n) is 11.5. The minimum atomic E-state index is -0.526. The molecular weight excluding hydrogens is 462 g/mol. The zero-order valence-electron chi connectivity index (χ0n) is 20.3. The van der Waals surface area contributed by atoms with E-state index in [9.17, 15) is 19.7 Å². The number of ether oxygens (including phenoxy) is 2. The molecule has 0 spiro atoms. The van der Waals surface area contributed by atoms with Crippen LogP contribution in [0.3, 0.4) is 0 Å². The predicted molar refractivity (Wildman–Crippen MR) is 136 cm³/mol. The normalized spacial score (nSPS) is 13.0. The highest BCUT2D eigenvalue weighted by atomic mass is 16.6. The van der Waals surface area contributed by atoms with Crippen molar-refractivity contribution in [2.24, 2.45) is 0 Å². The molecule has 9 heteroatoms. The maximum Gasteiger partial charge on any atom is 0.269 e. The molecule has 9 nitrogen and oxygen atoms in total. The third-order valence-electron chi connectivity index (χ3n) is 5.80. The van der Waals surface area contributed by atoms with Gasteiger partial charge in [-0.05, 0) is 53.4 Å². The van der Waals surface area contributed by atoms with Crippen LogP contribution in [0, 0.1) is 10.1 Å². The third kappa shape index (κ3) is 5.63. The number of carbonyl (C=O) groups excluding carboxylic acids is 2. The Morgan fingerprint density at radius 3 is 2.42 bits per heavy atom. The molecule has 0 atom stereocenters. The van der Waals surface area contributed by atoms with Crippen molar-refractivity contribution in [3.8, 4) is 11.5 Å². The van der Waals surface area contributed by atoms with Crippen LogP contribution >= 0.6 is 0 Å². The largest absolute Gasteiger partial charge is 0.492 e. The van der Waals surface area contributed by atoms with Crippen LogP contribution in [-0.4, -0.2) is 36.5 Å². The lowest BCUT2D eigenvalue weighted by Gasteiger charge is -2.29. The molecule has 2 amide bonds. The van der Waals surface area contributed by atoms with Crippen molar-refractivity contribution in [1.29, 1.82) is 0 Å². The van der Waals surface area contributed by atoms with Crippen molar-refractivity contribution in [3.05, 3.63) is 88.0 Å². The van der Waals surface area contributed by atoms with Crippen molar-refractivity contribution < 1.29 is 24.0 Å². The second-order valence-electron chi connectivity index (χ2n) is 9.40. The van der Waals surface area contributed by atoms with Crippen LogP contribution in [0.5, 0.6) is 11.5 Å². The quantitative estimate of drug-likeness (QED) is 0.371. The number of non-ortho nitro benzene ring substituents is 1.